The Morgan fingerprint density at radius 2 is 1.96 bits per heavy atom. The largest absolute Gasteiger partial charge is 0.457 e. The third-order valence-corrected chi connectivity index (χ3v) is 3.97. The van der Waals surface area contributed by atoms with Gasteiger partial charge in [0.2, 0.25) is 11.5 Å². The number of fused-ring (bicyclic) bond motifs is 1. The van der Waals surface area contributed by atoms with Gasteiger partial charge in [-0.05, 0) is 55.0 Å². The topological polar surface area (TPSA) is 78.6 Å². The van der Waals surface area contributed by atoms with Crippen LogP contribution in [0.4, 0.5) is 0 Å². The summed E-state index contributed by atoms with van der Waals surface area (Å²) in [5.74, 6) is 0.172. The lowest BCUT2D eigenvalue weighted by atomic mass is 10.1. The second kappa shape index (κ2) is 6.33. The van der Waals surface area contributed by atoms with Crippen molar-refractivity contribution >= 4 is 17.8 Å². The average molecular weight is 347 g/mol. The highest BCUT2D eigenvalue weighted by molar-refractivity contribution is 6.15. The zero-order valence-electron chi connectivity index (χ0n) is 13.8. The van der Waals surface area contributed by atoms with Gasteiger partial charge in [0.15, 0.2) is 5.76 Å². The molecule has 0 saturated heterocycles. The first kappa shape index (κ1) is 15.8. The summed E-state index contributed by atoms with van der Waals surface area (Å²) in [6, 6.07) is 9.82. The number of rotatable bonds is 3. The first-order chi connectivity index (χ1) is 12.6. The molecule has 0 fully saturated rings. The van der Waals surface area contributed by atoms with E-state index in [2.05, 4.69) is 4.98 Å². The van der Waals surface area contributed by atoms with E-state index in [0.29, 0.717) is 22.6 Å². The third kappa shape index (κ3) is 2.77. The second-order valence-corrected chi connectivity index (χ2v) is 5.65. The number of Topliss-reactive ketones (excluding diaryl/α,β-unsaturated/α-hetero) is 1. The molecule has 6 heteroatoms. The lowest BCUT2D eigenvalue weighted by molar-refractivity contribution is 0.0700. The van der Waals surface area contributed by atoms with Crippen molar-refractivity contribution in [1.82, 2.24) is 4.98 Å². The molecule has 3 heterocycles. The van der Waals surface area contributed by atoms with Gasteiger partial charge in [0.05, 0.1) is 11.8 Å². The monoisotopic (exact) mass is 347 g/mol. The summed E-state index contributed by atoms with van der Waals surface area (Å²) in [6.07, 6.45) is 6.31. The minimum Gasteiger partial charge on any atom is -0.457 e. The van der Waals surface area contributed by atoms with Gasteiger partial charge in [-0.25, -0.2) is 4.79 Å². The van der Waals surface area contributed by atoms with Gasteiger partial charge in [-0.15, -0.1) is 0 Å². The van der Waals surface area contributed by atoms with E-state index >= 15 is 0 Å². The van der Waals surface area contributed by atoms with Gasteiger partial charge in [-0.2, -0.15) is 0 Å². The number of ether oxygens (including phenoxy) is 2. The summed E-state index contributed by atoms with van der Waals surface area (Å²) in [5, 5.41) is 0. The van der Waals surface area contributed by atoms with Gasteiger partial charge in [0.25, 0.3) is 0 Å². The molecule has 1 aliphatic rings. The van der Waals surface area contributed by atoms with Crippen molar-refractivity contribution in [1.29, 1.82) is 0 Å². The Morgan fingerprint density at radius 3 is 2.69 bits per heavy atom. The van der Waals surface area contributed by atoms with E-state index < -0.39 is 5.97 Å². The highest BCUT2D eigenvalue weighted by Crippen LogP contribution is 2.39. The second-order valence-electron chi connectivity index (χ2n) is 5.65. The molecule has 0 N–H and O–H groups in total. The number of aromatic nitrogens is 1. The van der Waals surface area contributed by atoms with E-state index in [9.17, 15) is 9.59 Å². The van der Waals surface area contributed by atoms with Gasteiger partial charge in [0, 0.05) is 18.0 Å². The Labute approximate surface area is 148 Å². The number of hydrogen-bond donors (Lipinski definition) is 0. The molecule has 4 rings (SSSR count). The predicted octanol–water partition coefficient (Wildman–Crippen LogP) is 3.82. The molecule has 1 aliphatic heterocycles. The zero-order valence-corrected chi connectivity index (χ0v) is 13.8. The number of benzene rings is 1. The van der Waals surface area contributed by atoms with E-state index in [-0.39, 0.29) is 17.3 Å². The number of pyridine rings is 1. The molecule has 1 aromatic carbocycles. The summed E-state index contributed by atoms with van der Waals surface area (Å²) in [6.45, 7) is 1.73. The standard InChI is InChI=1S/C20H13NO5/c1-12-15(26-20(23)16-3-2-10-24-16)5-4-14-18(22)17(25-19(12)14)11-13-6-8-21-9-7-13/h2-11H,1H3/b17-11-. The fourth-order valence-electron chi connectivity index (χ4n) is 2.63. The molecule has 128 valence electrons. The highest BCUT2D eigenvalue weighted by Gasteiger charge is 2.30. The first-order valence-electron chi connectivity index (χ1n) is 7.87. The molecule has 2 aromatic heterocycles. The molecule has 0 aliphatic carbocycles. The Balaban J connectivity index is 1.64. The van der Waals surface area contributed by atoms with E-state index in [4.69, 9.17) is 13.9 Å². The van der Waals surface area contributed by atoms with Crippen LogP contribution in [0.3, 0.4) is 0 Å². The number of carbonyl (C=O) groups excluding carboxylic acids is 2. The average Bonchev–Trinajstić information content (AvgIpc) is 3.28. The van der Waals surface area contributed by atoms with Gasteiger partial charge >= 0.3 is 5.97 Å². The molecule has 0 unspecified atom stereocenters. The van der Waals surface area contributed by atoms with Crippen LogP contribution in [0.1, 0.15) is 32.0 Å². The number of nitrogens with zero attached hydrogens (tertiary/aromatic N) is 1. The minimum atomic E-state index is -0.616. The number of ketones is 1. The molecule has 0 bridgehead atoms. The third-order valence-electron chi connectivity index (χ3n) is 3.97. The maximum Gasteiger partial charge on any atom is 0.379 e. The van der Waals surface area contributed by atoms with Crippen LogP contribution in [-0.4, -0.2) is 16.7 Å². The van der Waals surface area contributed by atoms with Gasteiger partial charge in [-0.1, -0.05) is 0 Å². The van der Waals surface area contributed by atoms with E-state index in [1.165, 1.54) is 12.3 Å². The van der Waals surface area contributed by atoms with Crippen LogP contribution >= 0.6 is 0 Å². The van der Waals surface area contributed by atoms with Crippen LogP contribution < -0.4 is 9.47 Å². The molecule has 0 saturated carbocycles. The molecule has 0 radical (unpaired) electrons. The van der Waals surface area contributed by atoms with Crippen LogP contribution in [0.2, 0.25) is 0 Å². The molecule has 0 amide bonds. The van der Waals surface area contributed by atoms with Crippen molar-refractivity contribution in [2.24, 2.45) is 0 Å². The SMILES string of the molecule is Cc1c(OC(=O)c2ccco2)ccc2c1O/C(=C\c1ccncc1)C2=O. The quantitative estimate of drug-likeness (QED) is 0.407. The number of hydrogen-bond acceptors (Lipinski definition) is 6. The predicted molar refractivity (Wildman–Crippen MR) is 92.0 cm³/mol. The Bertz CT molecular complexity index is 1020. The summed E-state index contributed by atoms with van der Waals surface area (Å²) in [5.41, 5.74) is 1.80. The zero-order chi connectivity index (χ0) is 18.1. The Morgan fingerprint density at radius 1 is 1.15 bits per heavy atom. The lowest BCUT2D eigenvalue weighted by Gasteiger charge is -2.09. The normalized spacial score (nSPS) is 14.2. The van der Waals surface area contributed by atoms with Crippen molar-refractivity contribution in [3.05, 3.63) is 83.3 Å². The number of carbonyl (C=O) groups is 2. The minimum absolute atomic E-state index is 0.0974. The van der Waals surface area contributed by atoms with Gasteiger partial charge in [0.1, 0.15) is 11.5 Å². The summed E-state index contributed by atoms with van der Waals surface area (Å²) < 4.78 is 16.1. The van der Waals surface area contributed by atoms with Crippen molar-refractivity contribution in [3.8, 4) is 11.5 Å². The van der Waals surface area contributed by atoms with Crippen LogP contribution in [0, 0.1) is 6.92 Å². The van der Waals surface area contributed by atoms with E-state index in [0.717, 1.165) is 5.56 Å². The molecular formula is C20H13NO5. The smallest absolute Gasteiger partial charge is 0.379 e. The molecule has 3 aromatic rings. The Hall–Kier alpha value is -3.67. The summed E-state index contributed by atoms with van der Waals surface area (Å²) in [7, 11) is 0. The lowest BCUT2D eigenvalue weighted by Crippen LogP contribution is -2.08. The number of furan rings is 1. The van der Waals surface area contributed by atoms with Crippen molar-refractivity contribution in [3.63, 3.8) is 0 Å². The number of allylic oxidation sites excluding steroid dienone is 1. The maximum atomic E-state index is 12.5. The fraction of sp³-hybridized carbons (Fsp3) is 0.0500. The fourth-order valence-corrected chi connectivity index (χ4v) is 2.63. The van der Waals surface area contributed by atoms with Crippen molar-refractivity contribution in [2.75, 3.05) is 0 Å². The molecular weight excluding hydrogens is 334 g/mol. The molecule has 0 atom stereocenters. The first-order valence-corrected chi connectivity index (χ1v) is 7.87. The summed E-state index contributed by atoms with van der Waals surface area (Å²) >= 11 is 0. The van der Waals surface area contributed by atoms with Gasteiger partial charge in [-0.3, -0.25) is 9.78 Å². The molecule has 6 nitrogen and oxygen atoms in total. The molecule has 0 spiro atoms. The maximum absolute atomic E-state index is 12.5. The van der Waals surface area contributed by atoms with Crippen LogP contribution in [0.5, 0.6) is 11.5 Å². The molecule has 26 heavy (non-hydrogen) atoms. The Kier molecular flexibility index (Phi) is 3.85. The van der Waals surface area contributed by atoms with Crippen LogP contribution in [0.25, 0.3) is 6.08 Å². The van der Waals surface area contributed by atoms with Gasteiger partial charge < -0.3 is 13.9 Å². The highest BCUT2D eigenvalue weighted by atomic mass is 16.5. The van der Waals surface area contributed by atoms with E-state index in [1.54, 1.807) is 55.7 Å². The van der Waals surface area contributed by atoms with E-state index in [1.807, 2.05) is 0 Å². The summed E-state index contributed by atoms with van der Waals surface area (Å²) in [4.78, 5) is 28.5. The van der Waals surface area contributed by atoms with Crippen molar-refractivity contribution in [2.45, 2.75) is 6.92 Å². The van der Waals surface area contributed by atoms with Crippen LogP contribution in [0.15, 0.2) is 65.2 Å². The van der Waals surface area contributed by atoms with Crippen molar-refractivity contribution < 1.29 is 23.5 Å². The van der Waals surface area contributed by atoms with Crippen LogP contribution in [-0.2, 0) is 0 Å². The number of esters is 1.